The molecule has 1 aromatic carbocycles. The highest BCUT2D eigenvalue weighted by Gasteiger charge is 2.47. The van der Waals surface area contributed by atoms with Crippen LogP contribution in [0.4, 0.5) is 43.9 Å². The van der Waals surface area contributed by atoms with Gasteiger partial charge in [-0.25, -0.2) is 4.39 Å². The number of halogens is 10. The number of aromatic nitrogens is 1. The van der Waals surface area contributed by atoms with E-state index in [0.717, 1.165) is 54.7 Å². The fraction of sp³-hybridized carbons (Fsp3) is 0.269. The SMILES string of the molecule is C=C/C(=C\C=C(/C)C(F)(F)F)[C@@H](C)NC(=O)c1cc(-c2ccc(F)cn2)cc(C(NC(=O)C(F)(F)F)C(F)(F)F)c1. The number of hydrogen-bond acceptors (Lipinski definition) is 3. The minimum Gasteiger partial charge on any atom is -0.346 e. The Morgan fingerprint density at radius 1 is 0.927 bits per heavy atom. The lowest BCUT2D eigenvalue weighted by Gasteiger charge is -2.24. The monoisotopic (exact) mass is 597 g/mol. The molecule has 5 nitrogen and oxygen atoms in total. The van der Waals surface area contributed by atoms with E-state index in [4.69, 9.17) is 0 Å². The first kappa shape index (κ1) is 33.0. The van der Waals surface area contributed by atoms with Gasteiger partial charge in [-0.3, -0.25) is 14.6 Å². The van der Waals surface area contributed by atoms with Crippen molar-refractivity contribution in [3.8, 4) is 11.3 Å². The topological polar surface area (TPSA) is 71.1 Å². The third-order valence-corrected chi connectivity index (χ3v) is 5.49. The maximum atomic E-state index is 13.8. The summed E-state index contributed by atoms with van der Waals surface area (Å²) in [5.41, 5.74) is -2.85. The van der Waals surface area contributed by atoms with E-state index < -0.39 is 64.9 Å². The molecule has 1 heterocycles. The van der Waals surface area contributed by atoms with Crippen LogP contribution in [0.5, 0.6) is 0 Å². The van der Waals surface area contributed by atoms with E-state index in [1.165, 1.54) is 6.92 Å². The number of nitrogens with one attached hydrogen (secondary N) is 2. The van der Waals surface area contributed by atoms with Gasteiger partial charge < -0.3 is 10.6 Å². The summed E-state index contributed by atoms with van der Waals surface area (Å²) in [6.45, 7) is 5.58. The molecule has 0 saturated carbocycles. The normalized spacial score (nSPS) is 14.7. The zero-order chi connectivity index (χ0) is 31.3. The molecule has 0 aliphatic carbocycles. The molecular formula is C26H21F10N3O2. The van der Waals surface area contributed by atoms with Crippen molar-refractivity contribution in [3.63, 3.8) is 0 Å². The van der Waals surface area contributed by atoms with E-state index in [9.17, 15) is 53.5 Å². The molecule has 2 aromatic rings. The summed E-state index contributed by atoms with van der Waals surface area (Å²) >= 11 is 0. The molecule has 2 amide bonds. The summed E-state index contributed by atoms with van der Waals surface area (Å²) in [6, 6.07) is -0.0403. The van der Waals surface area contributed by atoms with Gasteiger partial charge in [0.05, 0.1) is 17.9 Å². The van der Waals surface area contributed by atoms with Crippen LogP contribution in [0.15, 0.2) is 72.5 Å². The number of amides is 2. The predicted octanol–water partition coefficient (Wildman–Crippen LogP) is 6.91. The molecule has 2 rings (SSSR count). The number of carbonyl (C=O) groups is 2. The Kier molecular flexibility index (Phi) is 10.1. The van der Waals surface area contributed by atoms with E-state index in [0.29, 0.717) is 12.3 Å². The van der Waals surface area contributed by atoms with E-state index >= 15 is 0 Å². The second kappa shape index (κ2) is 12.6. The summed E-state index contributed by atoms with van der Waals surface area (Å²) in [7, 11) is 0. The highest BCUT2D eigenvalue weighted by Crippen LogP contribution is 2.36. The van der Waals surface area contributed by atoms with Crippen LogP contribution < -0.4 is 10.6 Å². The summed E-state index contributed by atoms with van der Waals surface area (Å²) in [6.07, 6.45) is -12.2. The van der Waals surface area contributed by atoms with Gasteiger partial charge in [-0.2, -0.15) is 39.5 Å². The molecule has 0 spiro atoms. The molecule has 222 valence electrons. The van der Waals surface area contributed by atoms with Gasteiger partial charge in [0, 0.05) is 16.7 Å². The number of alkyl halides is 9. The lowest BCUT2D eigenvalue weighted by molar-refractivity contribution is -0.188. The maximum Gasteiger partial charge on any atom is 0.471 e. The lowest BCUT2D eigenvalue weighted by Crippen LogP contribution is -2.44. The Morgan fingerprint density at radius 3 is 2.05 bits per heavy atom. The van der Waals surface area contributed by atoms with Gasteiger partial charge >= 0.3 is 24.4 Å². The number of nitrogens with zero attached hydrogens (tertiary/aromatic N) is 1. The molecular weight excluding hydrogens is 576 g/mol. The Hall–Kier alpha value is -4.17. The van der Waals surface area contributed by atoms with E-state index in [2.05, 4.69) is 16.9 Å². The highest BCUT2D eigenvalue weighted by molar-refractivity contribution is 5.96. The van der Waals surface area contributed by atoms with Gasteiger partial charge in [0.15, 0.2) is 6.04 Å². The molecule has 0 radical (unpaired) electrons. The average molecular weight is 597 g/mol. The van der Waals surface area contributed by atoms with Gasteiger partial charge in [-0.05, 0) is 55.3 Å². The van der Waals surface area contributed by atoms with Crippen molar-refractivity contribution in [2.24, 2.45) is 0 Å². The second-order valence-electron chi connectivity index (χ2n) is 8.56. The van der Waals surface area contributed by atoms with Crippen molar-refractivity contribution in [3.05, 3.63) is 89.4 Å². The fourth-order valence-electron chi connectivity index (χ4n) is 3.28. The number of pyridine rings is 1. The Bertz CT molecular complexity index is 1340. The average Bonchev–Trinajstić information content (AvgIpc) is 2.85. The van der Waals surface area contributed by atoms with Gasteiger partial charge in [-0.1, -0.05) is 24.8 Å². The summed E-state index contributed by atoms with van der Waals surface area (Å²) in [5.74, 6) is -4.80. The van der Waals surface area contributed by atoms with E-state index in [-0.39, 0.29) is 16.8 Å². The lowest BCUT2D eigenvalue weighted by atomic mass is 9.97. The first-order chi connectivity index (χ1) is 18.7. The molecule has 2 N–H and O–H groups in total. The number of allylic oxidation sites excluding steroid dienone is 3. The molecule has 0 fully saturated rings. The molecule has 41 heavy (non-hydrogen) atoms. The van der Waals surface area contributed by atoms with Crippen LogP contribution in [0, 0.1) is 5.82 Å². The molecule has 0 aliphatic rings. The number of rotatable bonds is 8. The minimum atomic E-state index is -5.67. The number of carbonyl (C=O) groups excluding carboxylic acids is 2. The van der Waals surface area contributed by atoms with Crippen LogP contribution in [-0.2, 0) is 4.79 Å². The standard InChI is InChI=1S/C26H21F10N3O2/c1-4-15(6-5-13(2)24(28,29)30)14(3)38-22(40)18-10-16(20-8-7-19(27)12-37-20)9-17(11-18)21(25(31,32)33)39-23(41)26(34,35)36/h4-12,14,21H,1H2,2-3H3,(H,38,40)(H,39,41)/b13-5+,15-6+/t14-,21?/m1/s1. The van der Waals surface area contributed by atoms with Crippen LogP contribution in [0.25, 0.3) is 11.3 Å². The molecule has 0 saturated heterocycles. The zero-order valence-electron chi connectivity index (χ0n) is 21.1. The molecule has 2 atom stereocenters. The first-order valence-corrected chi connectivity index (χ1v) is 11.3. The number of benzene rings is 1. The maximum absolute atomic E-state index is 13.8. The fourth-order valence-corrected chi connectivity index (χ4v) is 3.28. The first-order valence-electron chi connectivity index (χ1n) is 11.3. The molecule has 0 aliphatic heterocycles. The van der Waals surface area contributed by atoms with Gasteiger partial charge in [0.25, 0.3) is 5.91 Å². The van der Waals surface area contributed by atoms with Crippen molar-refractivity contribution >= 4 is 11.8 Å². The smallest absolute Gasteiger partial charge is 0.346 e. The van der Waals surface area contributed by atoms with Crippen LogP contribution in [0.3, 0.4) is 0 Å². The van der Waals surface area contributed by atoms with E-state index in [1.54, 1.807) is 0 Å². The number of hydrogen-bond donors (Lipinski definition) is 2. The summed E-state index contributed by atoms with van der Waals surface area (Å²) in [5, 5.41) is 3.20. The van der Waals surface area contributed by atoms with Crippen molar-refractivity contribution in [1.82, 2.24) is 15.6 Å². The summed E-state index contributed by atoms with van der Waals surface area (Å²) in [4.78, 5) is 28.1. The Morgan fingerprint density at radius 2 is 1.56 bits per heavy atom. The largest absolute Gasteiger partial charge is 0.471 e. The molecule has 15 heteroatoms. The van der Waals surface area contributed by atoms with Crippen LogP contribution >= 0.6 is 0 Å². The molecule has 1 aromatic heterocycles. The second-order valence-corrected chi connectivity index (χ2v) is 8.56. The molecule has 1 unspecified atom stereocenters. The van der Waals surface area contributed by atoms with Gasteiger partial charge in [0.2, 0.25) is 0 Å². The summed E-state index contributed by atoms with van der Waals surface area (Å²) < 4.78 is 131. The zero-order valence-corrected chi connectivity index (χ0v) is 21.1. The minimum absolute atomic E-state index is 0.0733. The van der Waals surface area contributed by atoms with Crippen molar-refractivity contribution < 1.29 is 53.5 Å². The van der Waals surface area contributed by atoms with Gasteiger partial charge in [0.1, 0.15) is 5.82 Å². The van der Waals surface area contributed by atoms with Crippen LogP contribution in [0.2, 0.25) is 0 Å². The van der Waals surface area contributed by atoms with Crippen LogP contribution in [0.1, 0.15) is 35.8 Å². The van der Waals surface area contributed by atoms with Gasteiger partial charge in [-0.15, -0.1) is 0 Å². The molecule has 0 bridgehead atoms. The third kappa shape index (κ3) is 9.18. The van der Waals surface area contributed by atoms with Crippen molar-refractivity contribution in [1.29, 1.82) is 0 Å². The van der Waals surface area contributed by atoms with E-state index in [1.807, 2.05) is 0 Å². The van der Waals surface area contributed by atoms with Crippen molar-refractivity contribution in [2.75, 3.05) is 0 Å². The predicted molar refractivity (Wildman–Crippen MR) is 128 cm³/mol. The highest BCUT2D eigenvalue weighted by atomic mass is 19.4. The Balaban J connectivity index is 2.59. The third-order valence-electron chi connectivity index (χ3n) is 5.49. The van der Waals surface area contributed by atoms with Crippen LogP contribution in [-0.4, -0.2) is 41.4 Å². The Labute approximate surface area is 226 Å². The van der Waals surface area contributed by atoms with Crippen molar-refractivity contribution in [2.45, 2.75) is 44.5 Å². The quantitative estimate of drug-likeness (QED) is 0.257.